The van der Waals surface area contributed by atoms with Crippen molar-refractivity contribution in [3.05, 3.63) is 295 Å². The second kappa shape index (κ2) is 16.7. The summed E-state index contributed by atoms with van der Waals surface area (Å²) < 4.78 is 6.26. The molecule has 0 unspecified atom stereocenters. The summed E-state index contributed by atoms with van der Waals surface area (Å²) in [6.45, 7) is 0. The number of para-hydroxylation sites is 1. The molecule has 0 saturated carbocycles. The third-order valence-corrected chi connectivity index (χ3v) is 14.2. The Morgan fingerprint density at radius 2 is 0.739 bits per heavy atom. The fourth-order valence-corrected chi connectivity index (χ4v) is 11.0. The van der Waals surface area contributed by atoms with Gasteiger partial charge in [-0.2, -0.15) is 0 Å². The van der Waals surface area contributed by atoms with E-state index < -0.39 is 5.41 Å². The standard InChI is InChI=1S/C67H45NO/c1-4-16-46(17-5-1)47-34-39-55(40-35-47)68(56-41-36-50(37-42-56)58-26-15-29-65-66(58)60-25-11-13-28-64(60)69-65)57-23-14-18-51(44-57)48-30-32-49(33-31-48)52-38-43-63-61(45-52)59-24-10-12-27-62(59)67(63,53-19-6-2-7-20-53)54-21-8-3-9-22-54/h1-45H. The minimum absolute atomic E-state index is 0.411. The first-order chi connectivity index (χ1) is 34.2. The maximum Gasteiger partial charge on any atom is 0.136 e. The fraction of sp³-hybridized carbons (Fsp3) is 0.0149. The molecule has 0 atom stereocenters. The summed E-state index contributed by atoms with van der Waals surface area (Å²) in [5.74, 6) is 0. The van der Waals surface area contributed by atoms with E-state index in [1.165, 1.54) is 55.6 Å². The summed E-state index contributed by atoms with van der Waals surface area (Å²) in [4.78, 5) is 2.36. The van der Waals surface area contributed by atoms with E-state index in [2.05, 4.69) is 266 Å². The molecule has 1 aliphatic carbocycles. The van der Waals surface area contributed by atoms with Crippen LogP contribution in [0.25, 0.3) is 77.6 Å². The number of anilines is 3. The van der Waals surface area contributed by atoms with Crippen molar-refractivity contribution in [2.75, 3.05) is 4.90 Å². The molecule has 0 amide bonds. The van der Waals surface area contributed by atoms with E-state index in [0.29, 0.717) is 0 Å². The van der Waals surface area contributed by atoms with E-state index in [1.807, 2.05) is 12.1 Å². The molecule has 1 aromatic heterocycles. The molecule has 1 heterocycles. The Morgan fingerprint density at radius 3 is 1.43 bits per heavy atom. The quantitative estimate of drug-likeness (QED) is 0.144. The topological polar surface area (TPSA) is 16.4 Å². The first kappa shape index (κ1) is 40.3. The Morgan fingerprint density at radius 1 is 0.275 bits per heavy atom. The van der Waals surface area contributed by atoms with Gasteiger partial charge in [-0.3, -0.25) is 0 Å². The molecular weight excluding hydrogens is 835 g/mol. The average molecular weight is 880 g/mol. The van der Waals surface area contributed by atoms with Crippen molar-refractivity contribution < 1.29 is 4.42 Å². The predicted octanol–water partition coefficient (Wildman–Crippen LogP) is 18.1. The van der Waals surface area contributed by atoms with Crippen LogP contribution in [0.5, 0.6) is 0 Å². The van der Waals surface area contributed by atoms with Crippen molar-refractivity contribution >= 4 is 39.0 Å². The molecule has 0 fully saturated rings. The van der Waals surface area contributed by atoms with Gasteiger partial charge < -0.3 is 9.32 Å². The van der Waals surface area contributed by atoms with Crippen molar-refractivity contribution in [2.24, 2.45) is 0 Å². The minimum atomic E-state index is -0.411. The van der Waals surface area contributed by atoms with Crippen LogP contribution in [0.15, 0.2) is 277 Å². The number of furan rings is 1. The van der Waals surface area contributed by atoms with Gasteiger partial charge in [0, 0.05) is 27.8 Å². The van der Waals surface area contributed by atoms with Crippen molar-refractivity contribution in [1.29, 1.82) is 0 Å². The highest BCUT2D eigenvalue weighted by Gasteiger charge is 2.46. The predicted molar refractivity (Wildman–Crippen MR) is 287 cm³/mol. The second-order valence-electron chi connectivity index (χ2n) is 18.0. The molecule has 0 N–H and O–H groups in total. The monoisotopic (exact) mass is 879 g/mol. The number of nitrogens with zero attached hydrogens (tertiary/aromatic N) is 1. The van der Waals surface area contributed by atoms with Crippen molar-refractivity contribution in [1.82, 2.24) is 0 Å². The molecule has 0 aliphatic heterocycles. The SMILES string of the molecule is c1ccc(-c2ccc(N(c3ccc(-c4cccc5oc6ccccc6c45)cc3)c3cccc(-c4ccc(-c5ccc6c(c5)-c5ccccc5C6(c5ccccc5)c5ccccc5)cc4)c3)cc2)cc1. The zero-order valence-corrected chi connectivity index (χ0v) is 37.8. The molecule has 2 nitrogen and oxygen atoms in total. The van der Waals surface area contributed by atoms with E-state index >= 15 is 0 Å². The number of hydrogen-bond donors (Lipinski definition) is 0. The normalized spacial score (nSPS) is 12.5. The van der Waals surface area contributed by atoms with E-state index in [4.69, 9.17) is 4.42 Å². The zero-order chi connectivity index (χ0) is 45.7. The molecule has 1 aliphatic rings. The first-order valence-corrected chi connectivity index (χ1v) is 23.7. The Balaban J connectivity index is 0.861. The summed E-state index contributed by atoms with van der Waals surface area (Å²) in [5.41, 5.74) is 21.8. The van der Waals surface area contributed by atoms with Gasteiger partial charge in [-0.1, -0.05) is 218 Å². The van der Waals surface area contributed by atoms with Crippen LogP contribution in [-0.4, -0.2) is 0 Å². The van der Waals surface area contributed by atoms with Crippen molar-refractivity contribution in [2.45, 2.75) is 5.41 Å². The summed E-state index contributed by atoms with van der Waals surface area (Å²) >= 11 is 0. The lowest BCUT2D eigenvalue weighted by atomic mass is 9.67. The molecule has 0 radical (unpaired) electrons. The molecule has 0 bridgehead atoms. The summed E-state index contributed by atoms with van der Waals surface area (Å²) in [5, 5.41) is 2.27. The van der Waals surface area contributed by atoms with E-state index in [-0.39, 0.29) is 0 Å². The largest absolute Gasteiger partial charge is 0.456 e. The summed E-state index contributed by atoms with van der Waals surface area (Å²) in [6, 6.07) is 99.1. The van der Waals surface area contributed by atoms with Crippen LogP contribution in [0.1, 0.15) is 22.3 Å². The lowest BCUT2D eigenvalue weighted by Crippen LogP contribution is -2.28. The van der Waals surface area contributed by atoms with Gasteiger partial charge in [0.25, 0.3) is 0 Å². The molecule has 11 aromatic carbocycles. The Hall–Kier alpha value is -8.98. The van der Waals surface area contributed by atoms with Crippen LogP contribution in [0.3, 0.4) is 0 Å². The van der Waals surface area contributed by atoms with E-state index in [9.17, 15) is 0 Å². The molecule has 324 valence electrons. The van der Waals surface area contributed by atoms with Gasteiger partial charge in [0.2, 0.25) is 0 Å². The van der Waals surface area contributed by atoms with Gasteiger partial charge in [0.1, 0.15) is 11.2 Å². The van der Waals surface area contributed by atoms with Gasteiger partial charge >= 0.3 is 0 Å². The van der Waals surface area contributed by atoms with Crippen LogP contribution in [0.4, 0.5) is 17.1 Å². The lowest BCUT2D eigenvalue weighted by molar-refractivity contribution is 0.669. The Kier molecular flexibility index (Phi) is 9.77. The molecule has 2 heteroatoms. The van der Waals surface area contributed by atoms with Gasteiger partial charge in [-0.25, -0.2) is 0 Å². The molecule has 0 spiro atoms. The minimum Gasteiger partial charge on any atom is -0.456 e. The van der Waals surface area contributed by atoms with Crippen LogP contribution >= 0.6 is 0 Å². The molecule has 13 rings (SSSR count). The van der Waals surface area contributed by atoms with E-state index in [1.54, 1.807) is 0 Å². The number of fused-ring (bicyclic) bond motifs is 6. The average Bonchev–Trinajstić information content (AvgIpc) is 3.96. The van der Waals surface area contributed by atoms with Gasteiger partial charge in [0.15, 0.2) is 0 Å². The van der Waals surface area contributed by atoms with Gasteiger partial charge in [-0.05, 0) is 132 Å². The number of rotatable bonds is 9. The smallest absolute Gasteiger partial charge is 0.136 e. The highest BCUT2D eigenvalue weighted by Crippen LogP contribution is 2.56. The van der Waals surface area contributed by atoms with Crippen LogP contribution < -0.4 is 4.90 Å². The Bertz CT molecular complexity index is 3760. The van der Waals surface area contributed by atoms with E-state index in [0.717, 1.165) is 61.3 Å². The summed E-state index contributed by atoms with van der Waals surface area (Å²) in [7, 11) is 0. The van der Waals surface area contributed by atoms with Gasteiger partial charge in [-0.15, -0.1) is 0 Å². The maximum absolute atomic E-state index is 6.26. The zero-order valence-electron chi connectivity index (χ0n) is 37.8. The molecule has 69 heavy (non-hydrogen) atoms. The highest BCUT2D eigenvalue weighted by atomic mass is 16.3. The lowest BCUT2D eigenvalue weighted by Gasteiger charge is -2.33. The van der Waals surface area contributed by atoms with Gasteiger partial charge in [0.05, 0.1) is 5.41 Å². The highest BCUT2D eigenvalue weighted by molar-refractivity contribution is 6.12. The van der Waals surface area contributed by atoms with Crippen molar-refractivity contribution in [3.63, 3.8) is 0 Å². The Labute approximate surface area is 402 Å². The third-order valence-electron chi connectivity index (χ3n) is 14.2. The van der Waals surface area contributed by atoms with Crippen LogP contribution in [0.2, 0.25) is 0 Å². The number of hydrogen-bond acceptors (Lipinski definition) is 2. The van der Waals surface area contributed by atoms with Crippen molar-refractivity contribution in [3.8, 4) is 55.6 Å². The number of benzene rings is 11. The summed E-state index contributed by atoms with van der Waals surface area (Å²) in [6.07, 6.45) is 0. The fourth-order valence-electron chi connectivity index (χ4n) is 11.0. The molecular formula is C67H45NO. The maximum atomic E-state index is 6.26. The van der Waals surface area contributed by atoms with Crippen LogP contribution in [-0.2, 0) is 5.41 Å². The second-order valence-corrected chi connectivity index (χ2v) is 18.0. The van der Waals surface area contributed by atoms with Crippen LogP contribution in [0, 0.1) is 0 Å². The first-order valence-electron chi connectivity index (χ1n) is 23.7. The molecule has 0 saturated heterocycles. The third kappa shape index (κ3) is 6.80. The molecule has 12 aromatic rings.